The van der Waals surface area contributed by atoms with E-state index in [0.29, 0.717) is 47.2 Å². The lowest BCUT2D eigenvalue weighted by molar-refractivity contribution is -0.258. The molecule has 0 spiro atoms. The number of rotatable bonds is 8. The number of aldehydes is 1. The molecule has 0 aromatic heterocycles. The Kier molecular flexibility index (Phi) is 8.82. The predicted octanol–water partition coefficient (Wildman–Crippen LogP) is 7.69. The quantitative estimate of drug-likeness (QED) is 0.232. The zero-order valence-corrected chi connectivity index (χ0v) is 25.1. The molecule has 2 unspecified atom stereocenters. The molecule has 39 heavy (non-hydrogen) atoms. The third kappa shape index (κ3) is 5.53. The summed E-state index contributed by atoms with van der Waals surface area (Å²) in [6, 6.07) is 0. The summed E-state index contributed by atoms with van der Waals surface area (Å²) in [6.45, 7) is 9.40. The summed E-state index contributed by atoms with van der Waals surface area (Å²) in [5.74, 6) is 4.12. The highest BCUT2D eigenvalue weighted by Gasteiger charge is 2.63. The summed E-state index contributed by atoms with van der Waals surface area (Å²) in [5.41, 5.74) is 0.758. The van der Waals surface area contributed by atoms with Crippen LogP contribution in [-0.4, -0.2) is 44.3 Å². The third-order valence-corrected chi connectivity index (χ3v) is 13.1. The molecule has 0 N–H and O–H groups in total. The Bertz CT molecular complexity index is 820. The van der Waals surface area contributed by atoms with Crippen LogP contribution in [0.4, 0.5) is 0 Å². The van der Waals surface area contributed by atoms with E-state index in [1.807, 2.05) is 0 Å². The molecule has 0 aromatic rings. The van der Waals surface area contributed by atoms with Gasteiger partial charge in [0.15, 0.2) is 12.6 Å². The van der Waals surface area contributed by atoms with Gasteiger partial charge in [-0.25, -0.2) is 0 Å². The Morgan fingerprint density at radius 3 is 2.21 bits per heavy atom. The topological polar surface area (TPSA) is 54.0 Å². The van der Waals surface area contributed by atoms with E-state index in [1.165, 1.54) is 70.6 Å². The summed E-state index contributed by atoms with van der Waals surface area (Å²) in [4.78, 5) is 11.2. The Morgan fingerprint density at radius 1 is 0.821 bits per heavy atom. The van der Waals surface area contributed by atoms with Crippen molar-refractivity contribution in [2.75, 3.05) is 13.2 Å². The molecule has 6 rings (SSSR count). The molecule has 2 aliphatic heterocycles. The van der Waals surface area contributed by atoms with Crippen molar-refractivity contribution in [3.8, 4) is 0 Å². The SMILES string of the molecule is C[C@H](CCC=O)[C@H]1CC[C@H]2[C@@H]3[C@@H](OC4CCCCO4)C[C@@H]4C[C@H](OC5CCCCO5)CC[C@]4(C)[C@H]3CC[C@]12C. The third-order valence-electron chi connectivity index (χ3n) is 13.1. The molecule has 12 atom stereocenters. The molecule has 2 saturated heterocycles. The van der Waals surface area contributed by atoms with Crippen molar-refractivity contribution in [1.82, 2.24) is 0 Å². The van der Waals surface area contributed by atoms with Gasteiger partial charge in [-0.2, -0.15) is 0 Å². The maximum atomic E-state index is 11.2. The maximum absolute atomic E-state index is 11.2. The van der Waals surface area contributed by atoms with Crippen molar-refractivity contribution >= 4 is 6.29 Å². The van der Waals surface area contributed by atoms with Crippen LogP contribution in [0.25, 0.3) is 0 Å². The molecule has 5 nitrogen and oxygen atoms in total. The molecular formula is C34H56O5. The minimum Gasteiger partial charge on any atom is -0.353 e. The summed E-state index contributed by atoms with van der Waals surface area (Å²) >= 11 is 0. The number of fused-ring (bicyclic) bond motifs is 5. The Labute approximate surface area is 237 Å². The zero-order chi connectivity index (χ0) is 27.0. The Hall–Kier alpha value is -0.490. The Balaban J connectivity index is 1.23. The lowest BCUT2D eigenvalue weighted by Crippen LogP contribution is -2.60. The van der Waals surface area contributed by atoms with E-state index in [1.54, 1.807) is 0 Å². The molecule has 2 heterocycles. The van der Waals surface area contributed by atoms with E-state index < -0.39 is 0 Å². The maximum Gasteiger partial charge on any atom is 0.157 e. The number of carbonyl (C=O) groups excluding carboxylic acids is 1. The van der Waals surface area contributed by atoms with Crippen LogP contribution in [0.3, 0.4) is 0 Å². The van der Waals surface area contributed by atoms with Gasteiger partial charge in [-0.15, -0.1) is 0 Å². The number of ether oxygens (including phenoxy) is 4. The van der Waals surface area contributed by atoms with Gasteiger partial charge in [-0.1, -0.05) is 20.8 Å². The van der Waals surface area contributed by atoms with Gasteiger partial charge in [0.25, 0.3) is 0 Å². The second kappa shape index (κ2) is 12.0. The van der Waals surface area contributed by atoms with Crippen molar-refractivity contribution in [2.24, 2.45) is 46.3 Å². The first-order valence-electron chi connectivity index (χ1n) is 16.9. The molecule has 0 bridgehead atoms. The second-order valence-corrected chi connectivity index (χ2v) is 15.0. The molecule has 4 saturated carbocycles. The van der Waals surface area contributed by atoms with Gasteiger partial charge >= 0.3 is 0 Å². The first-order valence-corrected chi connectivity index (χ1v) is 16.9. The standard InChI is InChI=1S/C34H56O5/c1-23(9-8-18-35)26-12-13-27-32-28(15-17-34(26,27)3)33(2)16-14-25(38-30-10-4-6-19-36-30)21-24(33)22-29(32)39-31-11-5-7-20-37-31/h18,23-32H,4-17,19-22H2,1-3H3/t23-,24+,25-,26-,27+,28+,29+,30?,31?,32+,33+,34-/m1/s1. The fraction of sp³-hybridized carbons (Fsp3) is 0.971. The van der Waals surface area contributed by atoms with Gasteiger partial charge in [0.2, 0.25) is 0 Å². The second-order valence-electron chi connectivity index (χ2n) is 15.0. The van der Waals surface area contributed by atoms with E-state index in [0.717, 1.165) is 62.9 Å². The molecule has 0 amide bonds. The predicted molar refractivity (Wildman–Crippen MR) is 152 cm³/mol. The number of carbonyl (C=O) groups is 1. The van der Waals surface area contributed by atoms with Crippen LogP contribution in [0.15, 0.2) is 0 Å². The van der Waals surface area contributed by atoms with Gasteiger partial charge in [0.1, 0.15) is 6.29 Å². The van der Waals surface area contributed by atoms with Crippen molar-refractivity contribution in [2.45, 2.75) is 148 Å². The largest absolute Gasteiger partial charge is 0.353 e. The molecule has 5 heteroatoms. The van der Waals surface area contributed by atoms with Gasteiger partial charge < -0.3 is 23.7 Å². The van der Waals surface area contributed by atoms with Gasteiger partial charge in [-0.3, -0.25) is 0 Å². The minimum absolute atomic E-state index is 0.0131. The fourth-order valence-electron chi connectivity index (χ4n) is 11.0. The first kappa shape index (κ1) is 28.6. The average Bonchev–Trinajstić information content (AvgIpc) is 3.31. The molecular weight excluding hydrogens is 488 g/mol. The van der Waals surface area contributed by atoms with E-state index in [2.05, 4.69) is 20.8 Å². The van der Waals surface area contributed by atoms with Crippen LogP contribution in [0.1, 0.15) is 124 Å². The normalized spacial score (nSPS) is 48.9. The van der Waals surface area contributed by atoms with Crippen molar-refractivity contribution in [3.05, 3.63) is 0 Å². The molecule has 0 aromatic carbocycles. The summed E-state index contributed by atoms with van der Waals surface area (Å²) in [6.07, 6.45) is 20.6. The molecule has 6 aliphatic rings. The lowest BCUT2D eigenvalue weighted by atomic mass is 9.43. The van der Waals surface area contributed by atoms with Gasteiger partial charge in [0, 0.05) is 19.6 Å². The highest BCUT2D eigenvalue weighted by Crippen LogP contribution is 2.69. The van der Waals surface area contributed by atoms with Crippen LogP contribution in [-0.2, 0) is 23.7 Å². The zero-order valence-electron chi connectivity index (χ0n) is 25.1. The van der Waals surface area contributed by atoms with E-state index >= 15 is 0 Å². The van der Waals surface area contributed by atoms with Crippen LogP contribution in [0, 0.1) is 46.3 Å². The smallest absolute Gasteiger partial charge is 0.157 e. The number of hydrogen-bond acceptors (Lipinski definition) is 5. The van der Waals surface area contributed by atoms with Crippen LogP contribution < -0.4 is 0 Å². The molecule has 6 fully saturated rings. The van der Waals surface area contributed by atoms with Crippen molar-refractivity contribution < 1.29 is 23.7 Å². The van der Waals surface area contributed by atoms with Crippen LogP contribution in [0.2, 0.25) is 0 Å². The molecule has 4 aliphatic carbocycles. The van der Waals surface area contributed by atoms with E-state index in [4.69, 9.17) is 18.9 Å². The Morgan fingerprint density at radius 2 is 1.51 bits per heavy atom. The highest BCUT2D eigenvalue weighted by molar-refractivity contribution is 5.49. The van der Waals surface area contributed by atoms with Crippen LogP contribution in [0.5, 0.6) is 0 Å². The van der Waals surface area contributed by atoms with Gasteiger partial charge in [0.05, 0.1) is 12.2 Å². The summed E-state index contributed by atoms with van der Waals surface area (Å²) in [5, 5.41) is 0. The minimum atomic E-state index is -0.0167. The van der Waals surface area contributed by atoms with Crippen LogP contribution >= 0.6 is 0 Å². The first-order chi connectivity index (χ1) is 18.9. The molecule has 0 radical (unpaired) electrons. The van der Waals surface area contributed by atoms with Gasteiger partial charge in [-0.05, 0) is 143 Å². The molecule has 222 valence electrons. The summed E-state index contributed by atoms with van der Waals surface area (Å²) < 4.78 is 25.8. The average molecular weight is 545 g/mol. The lowest BCUT2D eigenvalue weighted by Gasteiger charge is -2.63. The summed E-state index contributed by atoms with van der Waals surface area (Å²) in [7, 11) is 0. The van der Waals surface area contributed by atoms with Crippen molar-refractivity contribution in [1.29, 1.82) is 0 Å². The number of hydrogen-bond donors (Lipinski definition) is 0. The van der Waals surface area contributed by atoms with E-state index in [-0.39, 0.29) is 12.6 Å². The highest BCUT2D eigenvalue weighted by atomic mass is 16.7. The fourth-order valence-corrected chi connectivity index (χ4v) is 11.0. The van der Waals surface area contributed by atoms with Crippen molar-refractivity contribution in [3.63, 3.8) is 0 Å². The van der Waals surface area contributed by atoms with E-state index in [9.17, 15) is 4.79 Å². The monoisotopic (exact) mass is 544 g/mol.